The average molecular weight is 296 g/mol. The first kappa shape index (κ1) is 17.5. The van der Waals surface area contributed by atoms with Crippen LogP contribution in [0.4, 0.5) is 10.6 Å². The lowest BCUT2D eigenvalue weighted by atomic mass is 9.95. The zero-order valence-corrected chi connectivity index (χ0v) is 13.7. The summed E-state index contributed by atoms with van der Waals surface area (Å²) in [5, 5.41) is 19.8. The number of carbonyl (C=O) groups excluding carboxylic acids is 1. The van der Waals surface area contributed by atoms with E-state index in [0.717, 1.165) is 6.42 Å². The van der Waals surface area contributed by atoms with E-state index in [1.165, 1.54) is 0 Å². The van der Waals surface area contributed by atoms with Gasteiger partial charge < -0.3 is 10.4 Å². The summed E-state index contributed by atoms with van der Waals surface area (Å²) >= 11 is 0. The molecule has 2 amide bonds. The van der Waals surface area contributed by atoms with Gasteiger partial charge in [-0.25, -0.2) is 9.48 Å². The van der Waals surface area contributed by atoms with Crippen molar-refractivity contribution in [3.8, 4) is 0 Å². The molecule has 0 bridgehead atoms. The van der Waals surface area contributed by atoms with Crippen LogP contribution in [0.1, 0.15) is 53.5 Å². The SMILES string of the molecule is CC(C)CCC(C)(O)CNC(=O)Nc1ccnn1C(C)C. The maximum absolute atomic E-state index is 11.9. The third kappa shape index (κ3) is 6.16. The van der Waals surface area contributed by atoms with Crippen LogP contribution >= 0.6 is 0 Å². The third-order valence-electron chi connectivity index (χ3n) is 3.29. The number of amides is 2. The highest BCUT2D eigenvalue weighted by molar-refractivity contribution is 5.88. The lowest BCUT2D eigenvalue weighted by Crippen LogP contribution is -2.42. The molecule has 0 aliphatic rings. The normalized spacial score (nSPS) is 14.3. The molecule has 120 valence electrons. The summed E-state index contributed by atoms with van der Waals surface area (Å²) in [6, 6.07) is 1.59. The molecule has 0 aliphatic carbocycles. The Hall–Kier alpha value is -1.56. The van der Waals surface area contributed by atoms with Crippen molar-refractivity contribution < 1.29 is 9.90 Å². The molecule has 1 atom stereocenters. The maximum Gasteiger partial charge on any atom is 0.320 e. The number of aromatic nitrogens is 2. The summed E-state index contributed by atoms with van der Waals surface area (Å²) < 4.78 is 1.73. The fraction of sp³-hybridized carbons (Fsp3) is 0.733. The quantitative estimate of drug-likeness (QED) is 0.724. The maximum atomic E-state index is 11.9. The summed E-state index contributed by atoms with van der Waals surface area (Å²) in [4.78, 5) is 11.9. The van der Waals surface area contributed by atoms with Crippen LogP contribution in [0.2, 0.25) is 0 Å². The first-order valence-electron chi connectivity index (χ1n) is 7.52. The number of nitrogens with zero attached hydrogens (tertiary/aromatic N) is 2. The zero-order chi connectivity index (χ0) is 16.0. The lowest BCUT2D eigenvalue weighted by molar-refractivity contribution is 0.0481. The van der Waals surface area contributed by atoms with E-state index in [2.05, 4.69) is 29.6 Å². The molecule has 6 heteroatoms. The van der Waals surface area contributed by atoms with Gasteiger partial charge in [0.1, 0.15) is 5.82 Å². The minimum Gasteiger partial charge on any atom is -0.388 e. The number of carbonyl (C=O) groups is 1. The molecule has 0 fully saturated rings. The van der Waals surface area contributed by atoms with Crippen LogP contribution in [0.25, 0.3) is 0 Å². The van der Waals surface area contributed by atoms with Crippen molar-refractivity contribution in [3.05, 3.63) is 12.3 Å². The Morgan fingerprint density at radius 1 is 1.43 bits per heavy atom. The van der Waals surface area contributed by atoms with Gasteiger partial charge in [0.05, 0.1) is 11.8 Å². The van der Waals surface area contributed by atoms with Crippen molar-refractivity contribution in [2.24, 2.45) is 5.92 Å². The topological polar surface area (TPSA) is 79.2 Å². The molecule has 1 unspecified atom stereocenters. The standard InChI is InChI=1S/C15H28N4O2/c1-11(2)6-8-15(5,21)10-16-14(20)18-13-7-9-17-19(13)12(3)4/h7,9,11-12,21H,6,8,10H2,1-5H3,(H2,16,18,20). The van der Waals surface area contributed by atoms with Crippen LogP contribution in [0, 0.1) is 5.92 Å². The van der Waals surface area contributed by atoms with E-state index in [-0.39, 0.29) is 18.6 Å². The molecular weight excluding hydrogens is 268 g/mol. The fourth-order valence-corrected chi connectivity index (χ4v) is 1.94. The summed E-state index contributed by atoms with van der Waals surface area (Å²) in [5.41, 5.74) is -0.889. The second-order valence-electron chi connectivity index (χ2n) is 6.49. The van der Waals surface area contributed by atoms with Crippen molar-refractivity contribution in [1.29, 1.82) is 0 Å². The van der Waals surface area contributed by atoms with Crippen molar-refractivity contribution in [2.75, 3.05) is 11.9 Å². The summed E-state index contributed by atoms with van der Waals surface area (Å²) in [7, 11) is 0. The molecule has 6 nitrogen and oxygen atoms in total. The van der Waals surface area contributed by atoms with Gasteiger partial charge in [0.2, 0.25) is 0 Å². The Bertz CT molecular complexity index is 452. The molecule has 0 aromatic carbocycles. The highest BCUT2D eigenvalue weighted by Crippen LogP contribution is 2.16. The molecule has 1 rings (SSSR count). The summed E-state index contributed by atoms with van der Waals surface area (Å²) in [5.74, 6) is 1.18. The highest BCUT2D eigenvalue weighted by Gasteiger charge is 2.21. The van der Waals surface area contributed by atoms with Crippen LogP contribution in [0.15, 0.2) is 12.3 Å². The molecule has 0 radical (unpaired) electrons. The van der Waals surface area contributed by atoms with Gasteiger partial charge in [-0.15, -0.1) is 0 Å². The van der Waals surface area contributed by atoms with Gasteiger partial charge in [0.15, 0.2) is 0 Å². The molecule has 1 heterocycles. The van der Waals surface area contributed by atoms with Gasteiger partial charge >= 0.3 is 6.03 Å². The molecule has 1 aromatic rings. The number of hydrogen-bond acceptors (Lipinski definition) is 3. The number of hydrogen-bond donors (Lipinski definition) is 3. The number of nitrogens with one attached hydrogen (secondary N) is 2. The van der Waals surface area contributed by atoms with E-state index in [1.807, 2.05) is 13.8 Å². The van der Waals surface area contributed by atoms with E-state index < -0.39 is 5.60 Å². The molecule has 3 N–H and O–H groups in total. The monoisotopic (exact) mass is 296 g/mol. The number of urea groups is 1. The summed E-state index contributed by atoms with van der Waals surface area (Å²) in [6.07, 6.45) is 3.24. The zero-order valence-electron chi connectivity index (χ0n) is 13.7. The van der Waals surface area contributed by atoms with Gasteiger partial charge in [0.25, 0.3) is 0 Å². The molecule has 0 aliphatic heterocycles. The Balaban J connectivity index is 2.45. The second-order valence-corrected chi connectivity index (χ2v) is 6.49. The molecular formula is C15H28N4O2. The molecule has 0 saturated carbocycles. The van der Waals surface area contributed by atoms with Crippen molar-refractivity contribution >= 4 is 11.8 Å². The number of rotatable bonds is 7. The number of anilines is 1. The Morgan fingerprint density at radius 3 is 2.67 bits per heavy atom. The molecule has 21 heavy (non-hydrogen) atoms. The minimum absolute atomic E-state index is 0.171. The predicted molar refractivity (Wildman–Crippen MR) is 84.3 cm³/mol. The van der Waals surface area contributed by atoms with Crippen LogP contribution in [-0.2, 0) is 0 Å². The lowest BCUT2D eigenvalue weighted by Gasteiger charge is -2.24. The second kappa shape index (κ2) is 7.45. The van der Waals surface area contributed by atoms with E-state index in [4.69, 9.17) is 0 Å². The van der Waals surface area contributed by atoms with Gasteiger partial charge in [-0.2, -0.15) is 5.10 Å². The first-order valence-corrected chi connectivity index (χ1v) is 7.52. The minimum atomic E-state index is -0.889. The Kier molecular flexibility index (Phi) is 6.20. The Morgan fingerprint density at radius 2 is 2.10 bits per heavy atom. The van der Waals surface area contributed by atoms with Gasteiger partial charge in [0, 0.05) is 18.7 Å². The highest BCUT2D eigenvalue weighted by atomic mass is 16.3. The van der Waals surface area contributed by atoms with Crippen molar-refractivity contribution in [2.45, 2.75) is 59.1 Å². The molecule has 1 aromatic heterocycles. The first-order chi connectivity index (χ1) is 9.71. The average Bonchev–Trinajstić information content (AvgIpc) is 2.82. The largest absolute Gasteiger partial charge is 0.388 e. The fourth-order valence-electron chi connectivity index (χ4n) is 1.94. The van der Waals surface area contributed by atoms with E-state index in [9.17, 15) is 9.90 Å². The van der Waals surface area contributed by atoms with Gasteiger partial charge in [-0.1, -0.05) is 13.8 Å². The molecule has 0 spiro atoms. The van der Waals surface area contributed by atoms with Crippen molar-refractivity contribution in [1.82, 2.24) is 15.1 Å². The van der Waals surface area contributed by atoms with E-state index in [1.54, 1.807) is 23.9 Å². The Labute approximate surface area is 126 Å². The van der Waals surface area contributed by atoms with E-state index >= 15 is 0 Å². The van der Waals surface area contributed by atoms with Crippen molar-refractivity contribution in [3.63, 3.8) is 0 Å². The van der Waals surface area contributed by atoms with Crippen LogP contribution in [0.5, 0.6) is 0 Å². The van der Waals surface area contributed by atoms with Crippen LogP contribution in [0.3, 0.4) is 0 Å². The van der Waals surface area contributed by atoms with E-state index in [0.29, 0.717) is 18.2 Å². The third-order valence-corrected chi connectivity index (χ3v) is 3.29. The van der Waals surface area contributed by atoms with Crippen LogP contribution in [-0.4, -0.2) is 33.1 Å². The van der Waals surface area contributed by atoms with Gasteiger partial charge in [-0.05, 0) is 39.5 Å². The molecule has 0 saturated heterocycles. The smallest absolute Gasteiger partial charge is 0.320 e. The summed E-state index contributed by atoms with van der Waals surface area (Å²) in [6.45, 7) is 10.2. The predicted octanol–water partition coefficient (Wildman–Crippen LogP) is 2.77. The van der Waals surface area contributed by atoms with Crippen LogP contribution < -0.4 is 10.6 Å². The van der Waals surface area contributed by atoms with Gasteiger partial charge in [-0.3, -0.25) is 5.32 Å². The number of aliphatic hydroxyl groups is 1.